The number of hydrogen-bond donors (Lipinski definition) is 2. The minimum absolute atomic E-state index is 0.0532. The average molecular weight is 350 g/mol. The predicted molar refractivity (Wildman–Crippen MR) is 89.9 cm³/mol. The van der Waals surface area contributed by atoms with Gasteiger partial charge in [-0.15, -0.1) is 0 Å². The molecule has 8 nitrogen and oxygen atoms in total. The topological polar surface area (TPSA) is 96.7 Å². The summed E-state index contributed by atoms with van der Waals surface area (Å²) in [4.78, 5) is 26.7. The van der Waals surface area contributed by atoms with E-state index in [4.69, 9.17) is 4.74 Å². The lowest BCUT2D eigenvalue weighted by molar-refractivity contribution is -0.141. The molecule has 0 saturated heterocycles. The molecular weight excluding hydrogens is 324 g/mol. The Morgan fingerprint density at radius 2 is 2.16 bits per heavy atom. The standard InChI is InChI=1S/C17H26N4O4/c1-25-9-6-18-16(23)13-11-19-21-8-3-7-20(12-14(13)21)15(22)10-17(24)4-2-5-17/h11,24H,2-10,12H2,1H3,(H,18,23). The summed E-state index contributed by atoms with van der Waals surface area (Å²) in [6.45, 7) is 2.51. The predicted octanol–water partition coefficient (Wildman–Crippen LogP) is 0.297. The summed E-state index contributed by atoms with van der Waals surface area (Å²) >= 11 is 0. The normalized spacial score (nSPS) is 18.9. The van der Waals surface area contributed by atoms with Crippen molar-refractivity contribution >= 4 is 11.8 Å². The van der Waals surface area contributed by atoms with Crippen molar-refractivity contribution < 1.29 is 19.4 Å². The fraction of sp³-hybridized carbons (Fsp3) is 0.706. The van der Waals surface area contributed by atoms with Crippen molar-refractivity contribution in [2.75, 3.05) is 26.8 Å². The van der Waals surface area contributed by atoms with Gasteiger partial charge in [0.1, 0.15) is 0 Å². The van der Waals surface area contributed by atoms with Crippen LogP contribution in [0, 0.1) is 0 Å². The first-order valence-electron chi connectivity index (χ1n) is 8.84. The van der Waals surface area contributed by atoms with Crippen LogP contribution in [-0.2, 0) is 22.6 Å². The number of aryl methyl sites for hydroxylation is 1. The van der Waals surface area contributed by atoms with Crippen LogP contribution in [0.25, 0.3) is 0 Å². The highest BCUT2D eigenvalue weighted by atomic mass is 16.5. The van der Waals surface area contributed by atoms with Gasteiger partial charge in [0.15, 0.2) is 0 Å². The molecule has 2 aliphatic rings. The van der Waals surface area contributed by atoms with Gasteiger partial charge in [0.05, 0.1) is 42.6 Å². The van der Waals surface area contributed by atoms with Gasteiger partial charge >= 0.3 is 0 Å². The molecule has 0 bridgehead atoms. The van der Waals surface area contributed by atoms with Crippen LogP contribution in [-0.4, -0.2) is 64.0 Å². The minimum Gasteiger partial charge on any atom is -0.389 e. The molecule has 0 atom stereocenters. The van der Waals surface area contributed by atoms with Crippen molar-refractivity contribution in [2.24, 2.45) is 0 Å². The fourth-order valence-corrected chi connectivity index (χ4v) is 3.36. The second-order valence-corrected chi connectivity index (χ2v) is 6.90. The van der Waals surface area contributed by atoms with Crippen molar-refractivity contribution in [1.82, 2.24) is 20.0 Å². The van der Waals surface area contributed by atoms with Gasteiger partial charge < -0.3 is 20.1 Å². The van der Waals surface area contributed by atoms with Gasteiger partial charge in [0.25, 0.3) is 5.91 Å². The molecule has 1 saturated carbocycles. The van der Waals surface area contributed by atoms with Gasteiger partial charge in [-0.3, -0.25) is 14.3 Å². The Hall–Kier alpha value is -1.93. The van der Waals surface area contributed by atoms with Gasteiger partial charge in [-0.1, -0.05) is 0 Å². The molecule has 1 fully saturated rings. The lowest BCUT2D eigenvalue weighted by Gasteiger charge is -2.37. The second kappa shape index (κ2) is 7.53. The molecule has 8 heteroatoms. The SMILES string of the molecule is COCCNC(=O)c1cnn2c1CN(C(=O)CC1(O)CCC1)CCC2. The van der Waals surface area contributed by atoms with Crippen LogP contribution >= 0.6 is 0 Å². The fourth-order valence-electron chi connectivity index (χ4n) is 3.36. The first-order valence-corrected chi connectivity index (χ1v) is 8.84. The molecule has 0 unspecified atom stereocenters. The second-order valence-electron chi connectivity index (χ2n) is 6.90. The van der Waals surface area contributed by atoms with Crippen LogP contribution in [0.5, 0.6) is 0 Å². The van der Waals surface area contributed by atoms with Crippen molar-refractivity contribution in [1.29, 1.82) is 0 Å². The van der Waals surface area contributed by atoms with Crippen LogP contribution in [0.4, 0.5) is 0 Å². The number of hydrogen-bond acceptors (Lipinski definition) is 5. The number of methoxy groups -OCH3 is 1. The molecule has 2 amide bonds. The molecule has 1 aromatic rings. The zero-order valence-corrected chi connectivity index (χ0v) is 14.7. The zero-order chi connectivity index (χ0) is 17.9. The van der Waals surface area contributed by atoms with E-state index in [1.807, 2.05) is 0 Å². The molecule has 2 N–H and O–H groups in total. The summed E-state index contributed by atoms with van der Waals surface area (Å²) in [5.41, 5.74) is 0.420. The molecule has 0 spiro atoms. The Balaban J connectivity index is 1.69. The quantitative estimate of drug-likeness (QED) is 0.719. The maximum Gasteiger partial charge on any atom is 0.254 e. The van der Waals surface area contributed by atoms with E-state index >= 15 is 0 Å². The van der Waals surface area contributed by atoms with E-state index in [9.17, 15) is 14.7 Å². The Labute approximate surface area is 147 Å². The lowest BCUT2D eigenvalue weighted by Crippen LogP contribution is -2.43. The van der Waals surface area contributed by atoms with Gasteiger partial charge in [-0.05, 0) is 25.7 Å². The number of amides is 2. The third-order valence-corrected chi connectivity index (χ3v) is 5.04. The van der Waals surface area contributed by atoms with Crippen LogP contribution in [0.3, 0.4) is 0 Å². The summed E-state index contributed by atoms with van der Waals surface area (Å²) in [5.74, 6) is -0.257. The first kappa shape index (κ1) is 17.9. The van der Waals surface area contributed by atoms with Gasteiger partial charge in [-0.25, -0.2) is 0 Å². The molecule has 0 radical (unpaired) electrons. The summed E-state index contributed by atoms with van der Waals surface area (Å²) in [7, 11) is 1.58. The Morgan fingerprint density at radius 1 is 1.36 bits per heavy atom. The van der Waals surface area contributed by atoms with Crippen LogP contribution in [0.2, 0.25) is 0 Å². The maximum atomic E-state index is 12.6. The number of ether oxygens (including phenoxy) is 1. The number of rotatable bonds is 6. The molecule has 0 aromatic carbocycles. The van der Waals surface area contributed by atoms with E-state index < -0.39 is 5.60 Å². The molecule has 3 rings (SSSR count). The van der Waals surface area contributed by atoms with Gasteiger partial charge in [0.2, 0.25) is 5.91 Å². The molecule has 25 heavy (non-hydrogen) atoms. The molecule has 1 aromatic heterocycles. The molecular formula is C17H26N4O4. The number of carbonyl (C=O) groups excluding carboxylic acids is 2. The number of nitrogens with one attached hydrogen (secondary N) is 1. The lowest BCUT2D eigenvalue weighted by atomic mass is 9.77. The Bertz CT molecular complexity index is 639. The van der Waals surface area contributed by atoms with E-state index in [1.165, 1.54) is 0 Å². The number of nitrogens with zero attached hydrogens (tertiary/aromatic N) is 3. The zero-order valence-electron chi connectivity index (χ0n) is 14.7. The third kappa shape index (κ3) is 4.01. The van der Waals surface area contributed by atoms with Crippen molar-refractivity contribution in [3.63, 3.8) is 0 Å². The van der Waals surface area contributed by atoms with E-state index in [0.29, 0.717) is 51.2 Å². The summed E-state index contributed by atoms with van der Waals surface area (Å²) in [6, 6.07) is 0. The van der Waals surface area contributed by atoms with Crippen molar-refractivity contribution in [3.05, 3.63) is 17.5 Å². The van der Waals surface area contributed by atoms with E-state index in [1.54, 1.807) is 22.9 Å². The highest BCUT2D eigenvalue weighted by Crippen LogP contribution is 2.35. The first-order chi connectivity index (χ1) is 12.0. The molecule has 138 valence electrons. The van der Waals surface area contributed by atoms with E-state index in [2.05, 4.69) is 10.4 Å². The maximum absolute atomic E-state index is 12.6. The van der Waals surface area contributed by atoms with Crippen LogP contribution in [0.15, 0.2) is 6.20 Å². The molecule has 2 heterocycles. The number of aromatic nitrogens is 2. The van der Waals surface area contributed by atoms with Crippen molar-refractivity contribution in [3.8, 4) is 0 Å². The van der Waals surface area contributed by atoms with Crippen LogP contribution < -0.4 is 5.32 Å². The number of carbonyl (C=O) groups is 2. The summed E-state index contributed by atoms with van der Waals surface area (Å²) in [6.07, 6.45) is 4.86. The minimum atomic E-state index is -0.829. The van der Waals surface area contributed by atoms with Crippen molar-refractivity contribution in [2.45, 2.75) is 50.8 Å². The average Bonchev–Trinajstić information content (AvgIpc) is 2.83. The number of aliphatic hydroxyl groups is 1. The monoisotopic (exact) mass is 350 g/mol. The summed E-state index contributed by atoms with van der Waals surface area (Å²) < 4.78 is 6.74. The largest absolute Gasteiger partial charge is 0.389 e. The summed E-state index contributed by atoms with van der Waals surface area (Å²) in [5, 5.41) is 17.4. The highest BCUT2D eigenvalue weighted by Gasteiger charge is 2.38. The van der Waals surface area contributed by atoms with Gasteiger partial charge in [-0.2, -0.15) is 5.10 Å². The van der Waals surface area contributed by atoms with E-state index in [0.717, 1.165) is 18.5 Å². The third-order valence-electron chi connectivity index (χ3n) is 5.04. The van der Waals surface area contributed by atoms with Crippen LogP contribution in [0.1, 0.15) is 48.2 Å². The smallest absolute Gasteiger partial charge is 0.254 e. The van der Waals surface area contributed by atoms with E-state index in [-0.39, 0.29) is 18.2 Å². The Kier molecular flexibility index (Phi) is 5.39. The number of fused-ring (bicyclic) bond motifs is 1. The molecule has 1 aliphatic heterocycles. The highest BCUT2D eigenvalue weighted by molar-refractivity contribution is 5.95. The van der Waals surface area contributed by atoms with Gasteiger partial charge in [0, 0.05) is 26.7 Å². The Morgan fingerprint density at radius 3 is 2.84 bits per heavy atom. The molecule has 1 aliphatic carbocycles.